The number of thioether (sulfide) groups is 1. The van der Waals surface area contributed by atoms with E-state index in [0.717, 1.165) is 22.9 Å². The van der Waals surface area contributed by atoms with E-state index in [1.54, 1.807) is 11.3 Å². The molecule has 1 aromatic heterocycles. The van der Waals surface area contributed by atoms with Gasteiger partial charge in [-0.3, -0.25) is 4.79 Å². The topological polar surface area (TPSA) is 42.0 Å². The van der Waals surface area contributed by atoms with Crippen molar-refractivity contribution in [2.75, 3.05) is 0 Å². The van der Waals surface area contributed by atoms with Crippen LogP contribution >= 0.6 is 23.1 Å². The van der Waals surface area contributed by atoms with E-state index in [0.29, 0.717) is 6.04 Å². The van der Waals surface area contributed by atoms with Gasteiger partial charge in [-0.2, -0.15) is 0 Å². The van der Waals surface area contributed by atoms with Crippen molar-refractivity contribution in [3.05, 3.63) is 11.1 Å². The number of carbonyl (C=O) groups excluding carboxylic acids is 1. The average Bonchev–Trinajstić information content (AvgIpc) is 2.90. The number of hydrogen-bond acceptors (Lipinski definition) is 4. The van der Waals surface area contributed by atoms with Gasteiger partial charge in [0.1, 0.15) is 0 Å². The first-order valence-corrected chi connectivity index (χ1v) is 6.80. The maximum atomic E-state index is 11.6. The zero-order valence-electron chi connectivity index (χ0n) is 8.82. The fraction of sp³-hybridized carbons (Fsp3) is 0.600. The van der Waals surface area contributed by atoms with Gasteiger partial charge in [0.05, 0.1) is 5.25 Å². The largest absolute Gasteiger partial charge is 0.352 e. The molecule has 82 valence electrons. The molecule has 1 atom stereocenters. The van der Waals surface area contributed by atoms with Gasteiger partial charge in [0, 0.05) is 17.1 Å². The molecule has 1 unspecified atom stereocenters. The number of nitrogens with one attached hydrogen (secondary N) is 1. The van der Waals surface area contributed by atoms with Crippen LogP contribution in [0.5, 0.6) is 0 Å². The summed E-state index contributed by atoms with van der Waals surface area (Å²) in [5, 5.41) is 4.96. The van der Waals surface area contributed by atoms with Crippen molar-refractivity contribution in [1.29, 1.82) is 0 Å². The van der Waals surface area contributed by atoms with Crippen LogP contribution < -0.4 is 5.32 Å². The number of nitrogens with zero attached hydrogens (tertiary/aromatic N) is 1. The van der Waals surface area contributed by atoms with E-state index in [-0.39, 0.29) is 11.2 Å². The van der Waals surface area contributed by atoms with E-state index < -0.39 is 0 Å². The van der Waals surface area contributed by atoms with Gasteiger partial charge in [0.15, 0.2) is 4.34 Å². The summed E-state index contributed by atoms with van der Waals surface area (Å²) in [4.78, 5) is 16.0. The monoisotopic (exact) mass is 242 g/mol. The fourth-order valence-corrected chi connectivity index (χ4v) is 3.13. The maximum absolute atomic E-state index is 11.6. The average molecular weight is 242 g/mol. The summed E-state index contributed by atoms with van der Waals surface area (Å²) in [5.74, 6) is 0.135. The Morgan fingerprint density at radius 1 is 1.73 bits per heavy atom. The molecule has 5 heteroatoms. The molecule has 1 aliphatic rings. The lowest BCUT2D eigenvalue weighted by Crippen LogP contribution is -2.32. The Morgan fingerprint density at radius 3 is 3.00 bits per heavy atom. The standard InChI is InChI=1S/C10H14N2OS2/c1-6-5-14-10(11-6)15-7(2)9(13)12-8-3-4-8/h5,7-8H,3-4H2,1-2H3,(H,12,13). The van der Waals surface area contributed by atoms with Gasteiger partial charge in [-0.1, -0.05) is 11.8 Å². The van der Waals surface area contributed by atoms with E-state index in [9.17, 15) is 4.79 Å². The molecule has 0 saturated heterocycles. The van der Waals surface area contributed by atoms with Crippen molar-refractivity contribution in [3.63, 3.8) is 0 Å². The van der Waals surface area contributed by atoms with Crippen molar-refractivity contribution in [2.24, 2.45) is 0 Å². The smallest absolute Gasteiger partial charge is 0.233 e. The normalized spacial score (nSPS) is 17.5. The van der Waals surface area contributed by atoms with E-state index in [4.69, 9.17) is 0 Å². The number of hydrogen-bond donors (Lipinski definition) is 1. The van der Waals surface area contributed by atoms with Gasteiger partial charge in [-0.15, -0.1) is 11.3 Å². The summed E-state index contributed by atoms with van der Waals surface area (Å²) in [6.45, 7) is 3.90. The number of carbonyl (C=O) groups is 1. The van der Waals surface area contributed by atoms with E-state index in [2.05, 4.69) is 10.3 Å². The van der Waals surface area contributed by atoms with E-state index >= 15 is 0 Å². The van der Waals surface area contributed by atoms with E-state index in [1.807, 2.05) is 19.2 Å². The van der Waals surface area contributed by atoms with Crippen molar-refractivity contribution >= 4 is 29.0 Å². The van der Waals surface area contributed by atoms with Gasteiger partial charge < -0.3 is 5.32 Å². The minimum atomic E-state index is -0.0452. The molecule has 1 heterocycles. The molecule has 0 bridgehead atoms. The highest BCUT2D eigenvalue weighted by atomic mass is 32.2. The van der Waals surface area contributed by atoms with Crippen molar-refractivity contribution < 1.29 is 4.79 Å². The molecular weight excluding hydrogens is 228 g/mol. The maximum Gasteiger partial charge on any atom is 0.233 e. The second-order valence-corrected chi connectivity index (χ2v) is 6.24. The summed E-state index contributed by atoms with van der Waals surface area (Å²) >= 11 is 3.14. The molecule has 1 aliphatic carbocycles. The Morgan fingerprint density at radius 2 is 2.47 bits per heavy atom. The molecule has 0 aliphatic heterocycles. The van der Waals surface area contributed by atoms with Crippen molar-refractivity contribution in [1.82, 2.24) is 10.3 Å². The predicted octanol–water partition coefficient (Wildman–Crippen LogP) is 2.21. The van der Waals surface area contributed by atoms with Crippen LogP contribution in [0.1, 0.15) is 25.5 Å². The van der Waals surface area contributed by atoms with Crippen LogP contribution in [0.2, 0.25) is 0 Å². The third-order valence-corrected chi connectivity index (χ3v) is 4.36. The molecule has 1 aromatic rings. The second-order valence-electron chi connectivity index (χ2n) is 3.80. The summed E-state index contributed by atoms with van der Waals surface area (Å²) in [5.41, 5.74) is 1.03. The summed E-state index contributed by atoms with van der Waals surface area (Å²) in [6.07, 6.45) is 2.28. The van der Waals surface area contributed by atoms with Crippen LogP contribution in [0.4, 0.5) is 0 Å². The quantitative estimate of drug-likeness (QED) is 0.823. The van der Waals surface area contributed by atoms with Crippen molar-refractivity contribution in [2.45, 2.75) is 42.3 Å². The molecule has 0 radical (unpaired) electrons. The number of thiazole rings is 1. The Labute approximate surface area is 97.7 Å². The summed E-state index contributed by atoms with van der Waals surface area (Å²) in [7, 11) is 0. The Balaban J connectivity index is 1.84. The van der Waals surface area contributed by atoms with Gasteiger partial charge in [-0.05, 0) is 26.7 Å². The zero-order chi connectivity index (χ0) is 10.8. The lowest BCUT2D eigenvalue weighted by Gasteiger charge is -2.09. The fourth-order valence-electron chi connectivity index (χ4n) is 1.14. The zero-order valence-corrected chi connectivity index (χ0v) is 10.5. The second kappa shape index (κ2) is 4.53. The molecule has 15 heavy (non-hydrogen) atoms. The molecule has 1 amide bonds. The van der Waals surface area contributed by atoms with Crippen LogP contribution in [0.25, 0.3) is 0 Å². The Bertz CT molecular complexity index is 360. The lowest BCUT2D eigenvalue weighted by atomic mass is 10.4. The first-order valence-electron chi connectivity index (χ1n) is 5.04. The number of aryl methyl sites for hydroxylation is 1. The van der Waals surface area contributed by atoms with Crippen LogP contribution in [-0.4, -0.2) is 22.2 Å². The third-order valence-electron chi connectivity index (χ3n) is 2.17. The summed E-state index contributed by atoms with van der Waals surface area (Å²) in [6, 6.07) is 0.443. The highest BCUT2D eigenvalue weighted by molar-refractivity contribution is 8.02. The van der Waals surface area contributed by atoms with Gasteiger partial charge in [0.25, 0.3) is 0 Å². The van der Waals surface area contributed by atoms with Crippen LogP contribution in [0, 0.1) is 6.92 Å². The predicted molar refractivity (Wildman–Crippen MR) is 63.3 cm³/mol. The molecule has 2 rings (SSSR count). The summed E-state index contributed by atoms with van der Waals surface area (Å²) < 4.78 is 0.978. The number of amides is 1. The minimum absolute atomic E-state index is 0.0452. The van der Waals surface area contributed by atoms with Crippen molar-refractivity contribution in [3.8, 4) is 0 Å². The molecule has 0 spiro atoms. The van der Waals surface area contributed by atoms with Gasteiger partial charge >= 0.3 is 0 Å². The van der Waals surface area contributed by atoms with Crippen LogP contribution in [0.3, 0.4) is 0 Å². The lowest BCUT2D eigenvalue weighted by molar-refractivity contribution is -0.120. The molecule has 1 N–H and O–H groups in total. The molecular formula is C10H14N2OS2. The number of rotatable bonds is 4. The molecule has 0 aromatic carbocycles. The number of aromatic nitrogens is 1. The molecule has 1 fully saturated rings. The highest BCUT2D eigenvalue weighted by Gasteiger charge is 2.26. The first kappa shape index (κ1) is 11.0. The Kier molecular flexibility index (Phi) is 3.31. The van der Waals surface area contributed by atoms with Gasteiger partial charge in [0.2, 0.25) is 5.91 Å². The van der Waals surface area contributed by atoms with Gasteiger partial charge in [-0.25, -0.2) is 4.98 Å². The first-order chi connectivity index (χ1) is 7.15. The Hall–Kier alpha value is -0.550. The minimum Gasteiger partial charge on any atom is -0.352 e. The third kappa shape index (κ3) is 3.21. The molecule has 3 nitrogen and oxygen atoms in total. The van der Waals surface area contributed by atoms with Crippen LogP contribution in [0.15, 0.2) is 9.72 Å². The highest BCUT2D eigenvalue weighted by Crippen LogP contribution is 2.27. The van der Waals surface area contributed by atoms with E-state index in [1.165, 1.54) is 11.8 Å². The molecule has 1 saturated carbocycles. The van der Waals surface area contributed by atoms with Crippen LogP contribution in [-0.2, 0) is 4.79 Å². The SMILES string of the molecule is Cc1csc(SC(C)C(=O)NC2CC2)n1.